The number of aromatic nitrogens is 2. The number of hydrogen-bond acceptors (Lipinski definition) is 4. The first-order valence-corrected chi connectivity index (χ1v) is 5.61. The van der Waals surface area contributed by atoms with E-state index in [0.29, 0.717) is 22.2 Å². The van der Waals surface area contributed by atoms with Crippen LogP contribution in [0.2, 0.25) is 5.02 Å². The number of halogens is 1. The Morgan fingerprint density at radius 2 is 2.11 bits per heavy atom. The van der Waals surface area contributed by atoms with E-state index in [1.54, 1.807) is 32.2 Å². The van der Waals surface area contributed by atoms with E-state index in [1.807, 2.05) is 0 Å². The molecule has 94 valence electrons. The minimum absolute atomic E-state index is 0.0670. The van der Waals surface area contributed by atoms with E-state index in [0.717, 1.165) is 0 Å². The molecule has 1 heterocycles. The van der Waals surface area contributed by atoms with Crippen LogP contribution in [0.3, 0.4) is 0 Å². The van der Waals surface area contributed by atoms with Crippen LogP contribution >= 0.6 is 11.6 Å². The van der Waals surface area contributed by atoms with E-state index in [9.17, 15) is 4.79 Å². The van der Waals surface area contributed by atoms with Crippen LogP contribution in [0.4, 0.5) is 5.82 Å². The summed E-state index contributed by atoms with van der Waals surface area (Å²) in [7, 11) is 1.55. The second kappa shape index (κ2) is 4.70. The van der Waals surface area contributed by atoms with Gasteiger partial charge in [-0.1, -0.05) is 11.6 Å². The second-order valence-electron chi connectivity index (χ2n) is 3.76. The van der Waals surface area contributed by atoms with Gasteiger partial charge in [0.25, 0.3) is 0 Å². The lowest BCUT2D eigenvalue weighted by Crippen LogP contribution is -2.17. The third-order valence-corrected chi connectivity index (χ3v) is 2.74. The molecular formula is C12H12ClN3O2. The van der Waals surface area contributed by atoms with Gasteiger partial charge in [-0.3, -0.25) is 4.79 Å². The van der Waals surface area contributed by atoms with E-state index in [4.69, 9.17) is 22.1 Å². The van der Waals surface area contributed by atoms with Gasteiger partial charge in [-0.15, -0.1) is 5.10 Å². The van der Waals surface area contributed by atoms with Crippen molar-refractivity contribution in [3.05, 3.63) is 45.2 Å². The van der Waals surface area contributed by atoms with Gasteiger partial charge in [-0.05, 0) is 25.1 Å². The second-order valence-corrected chi connectivity index (χ2v) is 4.20. The van der Waals surface area contributed by atoms with Crippen LogP contribution in [0.1, 0.15) is 5.69 Å². The zero-order chi connectivity index (χ0) is 13.3. The highest BCUT2D eigenvalue weighted by molar-refractivity contribution is 6.30. The van der Waals surface area contributed by atoms with Crippen molar-refractivity contribution in [1.29, 1.82) is 0 Å². The Bertz CT molecular complexity index is 652. The van der Waals surface area contributed by atoms with Crippen LogP contribution in [0.25, 0.3) is 5.69 Å². The van der Waals surface area contributed by atoms with Crippen molar-refractivity contribution in [3.8, 4) is 11.4 Å². The van der Waals surface area contributed by atoms with Crippen molar-refractivity contribution in [2.45, 2.75) is 6.92 Å². The number of aryl methyl sites for hydroxylation is 1. The summed E-state index contributed by atoms with van der Waals surface area (Å²) in [6, 6.07) is 6.56. The van der Waals surface area contributed by atoms with Crippen LogP contribution < -0.4 is 15.9 Å². The molecule has 2 N–H and O–H groups in total. The third-order valence-electron chi connectivity index (χ3n) is 2.50. The maximum atomic E-state index is 11.4. The molecule has 18 heavy (non-hydrogen) atoms. The lowest BCUT2D eigenvalue weighted by molar-refractivity contribution is 0.411. The lowest BCUT2D eigenvalue weighted by Gasteiger charge is -2.13. The van der Waals surface area contributed by atoms with Gasteiger partial charge in [0.1, 0.15) is 11.4 Å². The molecule has 5 nitrogen and oxygen atoms in total. The number of hydrogen-bond donors (Lipinski definition) is 1. The minimum atomic E-state index is -0.301. The van der Waals surface area contributed by atoms with E-state index < -0.39 is 0 Å². The number of ether oxygens (including phenoxy) is 1. The van der Waals surface area contributed by atoms with Gasteiger partial charge in [-0.2, -0.15) is 0 Å². The van der Waals surface area contributed by atoms with Crippen molar-refractivity contribution < 1.29 is 4.74 Å². The smallest absolute Gasteiger partial charge is 0.224 e. The van der Waals surface area contributed by atoms with Crippen LogP contribution in [0.5, 0.6) is 5.75 Å². The maximum Gasteiger partial charge on any atom is 0.224 e. The number of nitrogen functional groups attached to an aromatic ring is 1. The Morgan fingerprint density at radius 1 is 1.39 bits per heavy atom. The van der Waals surface area contributed by atoms with Gasteiger partial charge in [0.05, 0.1) is 7.11 Å². The molecule has 1 aromatic heterocycles. The van der Waals surface area contributed by atoms with Crippen LogP contribution in [-0.2, 0) is 0 Å². The van der Waals surface area contributed by atoms with E-state index in [2.05, 4.69) is 5.10 Å². The SMILES string of the molecule is COc1ccc(Cl)cc1-n1nc(N)c(=O)cc1C. The summed E-state index contributed by atoms with van der Waals surface area (Å²) < 4.78 is 6.77. The van der Waals surface area contributed by atoms with Crippen LogP contribution in [-0.4, -0.2) is 16.9 Å². The first kappa shape index (κ1) is 12.4. The first-order valence-electron chi connectivity index (χ1n) is 5.23. The summed E-state index contributed by atoms with van der Waals surface area (Å²) in [5.74, 6) is 0.528. The quantitative estimate of drug-likeness (QED) is 0.899. The molecule has 0 aliphatic carbocycles. The van der Waals surface area contributed by atoms with Gasteiger partial charge in [0, 0.05) is 16.8 Å². The predicted octanol–water partition coefficient (Wildman–Crippen LogP) is 1.79. The molecule has 0 saturated carbocycles. The number of methoxy groups -OCH3 is 1. The molecule has 2 rings (SSSR count). The molecule has 0 amide bonds. The van der Waals surface area contributed by atoms with Crippen LogP contribution in [0.15, 0.2) is 29.1 Å². The first-order chi connectivity index (χ1) is 8.52. The number of rotatable bonds is 2. The van der Waals surface area contributed by atoms with Gasteiger partial charge in [-0.25, -0.2) is 4.68 Å². The lowest BCUT2D eigenvalue weighted by atomic mass is 10.2. The fourth-order valence-electron chi connectivity index (χ4n) is 1.63. The van der Waals surface area contributed by atoms with Gasteiger partial charge in [0.15, 0.2) is 5.82 Å². The molecule has 0 unspecified atom stereocenters. The highest BCUT2D eigenvalue weighted by Gasteiger charge is 2.10. The van der Waals surface area contributed by atoms with Crippen molar-refractivity contribution in [3.63, 3.8) is 0 Å². The molecule has 0 radical (unpaired) electrons. The topological polar surface area (TPSA) is 70.1 Å². The zero-order valence-corrected chi connectivity index (χ0v) is 10.7. The Labute approximate surface area is 109 Å². The van der Waals surface area contributed by atoms with Crippen LogP contribution in [0, 0.1) is 6.92 Å². The Hall–Kier alpha value is -2.01. The normalized spacial score (nSPS) is 10.4. The Balaban J connectivity index is 2.72. The molecule has 0 saturated heterocycles. The number of nitrogens with two attached hydrogens (primary N) is 1. The van der Waals surface area contributed by atoms with Crippen molar-refractivity contribution >= 4 is 17.4 Å². The standard InChI is InChI=1S/C12H12ClN3O2/c1-7-5-10(17)12(14)15-16(7)9-6-8(13)3-4-11(9)18-2/h3-6H,1-2H3,(H2,14,15). The summed E-state index contributed by atoms with van der Waals surface area (Å²) in [5, 5.41) is 4.58. The van der Waals surface area contributed by atoms with E-state index >= 15 is 0 Å². The maximum absolute atomic E-state index is 11.4. The van der Waals surface area contributed by atoms with Crippen molar-refractivity contribution in [1.82, 2.24) is 9.78 Å². The molecule has 1 aromatic carbocycles. The summed E-state index contributed by atoms with van der Waals surface area (Å²) in [4.78, 5) is 11.4. The highest BCUT2D eigenvalue weighted by Crippen LogP contribution is 2.26. The molecule has 0 atom stereocenters. The molecular weight excluding hydrogens is 254 g/mol. The van der Waals surface area contributed by atoms with Crippen molar-refractivity contribution in [2.75, 3.05) is 12.8 Å². The number of benzene rings is 1. The number of nitrogens with zero attached hydrogens (tertiary/aromatic N) is 2. The summed E-state index contributed by atoms with van der Waals surface area (Å²) in [6.45, 7) is 1.76. The third kappa shape index (κ3) is 2.17. The van der Waals surface area contributed by atoms with Gasteiger partial charge < -0.3 is 10.5 Å². The average Bonchev–Trinajstić information content (AvgIpc) is 2.34. The summed E-state index contributed by atoms with van der Waals surface area (Å²) in [5.41, 5.74) is 6.52. The van der Waals surface area contributed by atoms with Gasteiger partial charge in [0.2, 0.25) is 5.43 Å². The fraction of sp³-hybridized carbons (Fsp3) is 0.167. The van der Waals surface area contributed by atoms with Crippen molar-refractivity contribution in [2.24, 2.45) is 0 Å². The molecule has 0 aliphatic rings. The Kier molecular flexibility index (Phi) is 3.25. The predicted molar refractivity (Wildman–Crippen MR) is 70.5 cm³/mol. The van der Waals surface area contributed by atoms with Gasteiger partial charge >= 0.3 is 0 Å². The molecule has 0 bridgehead atoms. The molecule has 0 spiro atoms. The zero-order valence-electron chi connectivity index (χ0n) is 9.98. The van der Waals surface area contributed by atoms with E-state index in [-0.39, 0.29) is 11.2 Å². The summed E-state index contributed by atoms with van der Waals surface area (Å²) in [6.07, 6.45) is 0. The largest absolute Gasteiger partial charge is 0.494 e. The highest BCUT2D eigenvalue weighted by atomic mass is 35.5. The average molecular weight is 266 g/mol. The summed E-state index contributed by atoms with van der Waals surface area (Å²) >= 11 is 5.96. The molecule has 2 aromatic rings. The van der Waals surface area contributed by atoms with E-state index in [1.165, 1.54) is 10.7 Å². The molecule has 0 aliphatic heterocycles. The Morgan fingerprint density at radius 3 is 2.78 bits per heavy atom. The molecule has 0 fully saturated rings. The monoisotopic (exact) mass is 265 g/mol. The number of anilines is 1. The minimum Gasteiger partial charge on any atom is -0.494 e. The fourth-order valence-corrected chi connectivity index (χ4v) is 1.80. The molecule has 6 heteroatoms.